The van der Waals surface area contributed by atoms with Gasteiger partial charge in [0.1, 0.15) is 6.71 Å². The normalized spacial score (nSPS) is 9.64. The van der Waals surface area contributed by atoms with Crippen LogP contribution < -0.4 is 0 Å². The average Bonchev–Trinajstić information content (AvgIpc) is 2.17. The Labute approximate surface area is 114 Å². The Morgan fingerprint density at radius 1 is 0.643 bits per heavy atom. The fourth-order valence-corrected chi connectivity index (χ4v) is 1.91. The number of hydrogen-bond acceptors (Lipinski definition) is 0. The fourth-order valence-electron chi connectivity index (χ4n) is 1.91. The summed E-state index contributed by atoms with van der Waals surface area (Å²) in [5, 5.41) is 0. The quantitative estimate of drug-likeness (QED) is 0.495. The summed E-state index contributed by atoms with van der Waals surface area (Å²) < 4.78 is 0. The first-order chi connectivity index (χ1) is 6.35. The van der Waals surface area contributed by atoms with E-state index in [4.69, 9.17) is 0 Å². The molecule has 0 rings (SSSR count). The van der Waals surface area contributed by atoms with E-state index in [2.05, 4.69) is 20.8 Å². The van der Waals surface area contributed by atoms with Gasteiger partial charge in [0.05, 0.1) is 0 Å². The van der Waals surface area contributed by atoms with Crippen LogP contribution in [-0.4, -0.2) is 36.3 Å². The Kier molecular flexibility index (Phi) is 17.5. The second-order valence-electron chi connectivity index (χ2n) is 4.29. The van der Waals surface area contributed by atoms with Crippen molar-refractivity contribution in [2.75, 3.05) is 0 Å². The van der Waals surface area contributed by atoms with E-state index in [0.29, 0.717) is 0 Å². The molecule has 0 N–H and O–H groups in total. The molecule has 0 radical (unpaired) electrons. The van der Waals surface area contributed by atoms with Crippen LogP contribution in [0.3, 0.4) is 0 Å². The van der Waals surface area contributed by atoms with E-state index < -0.39 is 0 Å². The fraction of sp³-hybridized carbons (Fsp3) is 1.00. The van der Waals surface area contributed by atoms with Gasteiger partial charge in [-0.25, -0.2) is 0 Å². The molecular weight excluding hydrogens is 178 g/mol. The topological polar surface area (TPSA) is 0 Å². The van der Waals surface area contributed by atoms with E-state index in [0.717, 1.165) is 6.71 Å². The van der Waals surface area contributed by atoms with E-state index in [1.54, 1.807) is 0 Å². The molecule has 0 aliphatic heterocycles. The first-order valence-corrected chi connectivity index (χ1v) is 6.35. The van der Waals surface area contributed by atoms with Crippen molar-refractivity contribution in [3.63, 3.8) is 0 Å². The first-order valence-electron chi connectivity index (χ1n) is 6.35. The van der Waals surface area contributed by atoms with Crippen LogP contribution >= 0.6 is 0 Å². The molecule has 0 aliphatic rings. The molecule has 0 atom stereocenters. The molecule has 0 fully saturated rings. The van der Waals surface area contributed by atoms with Crippen LogP contribution in [0, 0.1) is 0 Å². The minimum atomic E-state index is 0. The number of rotatable bonds is 9. The Morgan fingerprint density at radius 2 is 0.929 bits per heavy atom. The monoisotopic (exact) mass is 206 g/mol. The van der Waals surface area contributed by atoms with Crippen molar-refractivity contribution in [1.82, 2.24) is 0 Å². The van der Waals surface area contributed by atoms with E-state index in [1.807, 2.05) is 0 Å². The summed E-state index contributed by atoms with van der Waals surface area (Å²) in [6.45, 7) is 7.95. The van der Waals surface area contributed by atoms with E-state index in [9.17, 15) is 0 Å². The number of unbranched alkanes of at least 4 members (excludes halogenated alkanes) is 3. The first kappa shape index (κ1) is 17.5. The van der Waals surface area contributed by atoms with Crippen LogP contribution in [0.1, 0.15) is 59.3 Å². The number of hydrogen-bond donors (Lipinski definition) is 0. The zero-order chi connectivity index (χ0) is 9.94. The van der Waals surface area contributed by atoms with Gasteiger partial charge in [-0.3, -0.25) is 0 Å². The average molecular weight is 206 g/mol. The van der Waals surface area contributed by atoms with Crippen LogP contribution in [0.2, 0.25) is 19.0 Å². The Hall–Kier alpha value is 1.06. The summed E-state index contributed by atoms with van der Waals surface area (Å²) in [6, 6.07) is 0. The zero-order valence-electron chi connectivity index (χ0n) is 9.94. The zero-order valence-corrected chi connectivity index (χ0v) is 9.94. The van der Waals surface area contributed by atoms with Gasteiger partial charge in [-0.1, -0.05) is 78.3 Å². The predicted molar refractivity (Wildman–Crippen MR) is 72.0 cm³/mol. The maximum absolute atomic E-state index is 2.30. The Morgan fingerprint density at radius 3 is 1.14 bits per heavy atom. The Bertz CT molecular complexity index is 77.3. The molecule has 0 aromatic rings. The van der Waals surface area contributed by atoms with Crippen LogP contribution in [0.15, 0.2) is 0 Å². The standard InChI is InChI=1S/C12H27B.Na.H/c1-4-7-10-13(11-8-5-2)12-9-6-3;;/h4-12H2,1-3H3;;. The van der Waals surface area contributed by atoms with Crippen molar-refractivity contribution in [2.45, 2.75) is 78.3 Å². The third-order valence-corrected chi connectivity index (χ3v) is 2.90. The summed E-state index contributed by atoms with van der Waals surface area (Å²) in [5.41, 5.74) is 0. The van der Waals surface area contributed by atoms with Crippen molar-refractivity contribution in [1.29, 1.82) is 0 Å². The van der Waals surface area contributed by atoms with Crippen LogP contribution in [-0.2, 0) is 0 Å². The molecule has 14 heavy (non-hydrogen) atoms. The second kappa shape index (κ2) is 14.1. The van der Waals surface area contributed by atoms with Crippen molar-refractivity contribution in [3.05, 3.63) is 0 Å². The molecule has 0 heterocycles. The summed E-state index contributed by atoms with van der Waals surface area (Å²) >= 11 is 0. The van der Waals surface area contributed by atoms with Gasteiger partial charge >= 0.3 is 29.6 Å². The van der Waals surface area contributed by atoms with Crippen molar-refractivity contribution >= 4 is 36.3 Å². The molecule has 0 bridgehead atoms. The molecular formula is C12H28BNa. The van der Waals surface area contributed by atoms with Crippen molar-refractivity contribution in [3.8, 4) is 0 Å². The molecule has 0 amide bonds. The van der Waals surface area contributed by atoms with Crippen LogP contribution in [0.5, 0.6) is 0 Å². The van der Waals surface area contributed by atoms with Crippen molar-refractivity contribution in [2.24, 2.45) is 0 Å². The van der Waals surface area contributed by atoms with E-state index >= 15 is 0 Å². The molecule has 0 saturated heterocycles. The summed E-state index contributed by atoms with van der Waals surface area (Å²) in [6.07, 6.45) is 12.9. The minimum absolute atomic E-state index is 0. The summed E-state index contributed by atoms with van der Waals surface area (Å²) in [5.74, 6) is 0. The van der Waals surface area contributed by atoms with Gasteiger partial charge in [0, 0.05) is 0 Å². The van der Waals surface area contributed by atoms with Gasteiger partial charge in [0.15, 0.2) is 0 Å². The Balaban J connectivity index is 0. The molecule has 0 spiro atoms. The van der Waals surface area contributed by atoms with Gasteiger partial charge in [-0.15, -0.1) is 0 Å². The molecule has 0 nitrogen and oxygen atoms in total. The van der Waals surface area contributed by atoms with E-state index in [-0.39, 0.29) is 29.6 Å². The molecule has 0 aromatic heterocycles. The van der Waals surface area contributed by atoms with Crippen molar-refractivity contribution < 1.29 is 0 Å². The molecule has 0 aliphatic carbocycles. The molecule has 0 aromatic carbocycles. The van der Waals surface area contributed by atoms with Crippen LogP contribution in [0.4, 0.5) is 0 Å². The molecule has 0 unspecified atom stereocenters. The third-order valence-electron chi connectivity index (χ3n) is 2.90. The maximum atomic E-state index is 2.30. The van der Waals surface area contributed by atoms with Gasteiger partial charge in [-0.2, -0.15) is 0 Å². The van der Waals surface area contributed by atoms with Gasteiger partial charge in [0.2, 0.25) is 0 Å². The van der Waals surface area contributed by atoms with Gasteiger partial charge in [0.25, 0.3) is 0 Å². The molecule has 2 heteroatoms. The summed E-state index contributed by atoms with van der Waals surface area (Å²) in [4.78, 5) is 0. The van der Waals surface area contributed by atoms with Crippen LogP contribution in [0.25, 0.3) is 0 Å². The van der Waals surface area contributed by atoms with Gasteiger partial charge in [-0.05, 0) is 0 Å². The molecule has 80 valence electrons. The van der Waals surface area contributed by atoms with E-state index in [1.165, 1.54) is 57.5 Å². The third kappa shape index (κ3) is 11.1. The predicted octanol–water partition coefficient (Wildman–Crippen LogP) is 4.23. The molecule has 0 saturated carbocycles. The van der Waals surface area contributed by atoms with Gasteiger partial charge < -0.3 is 0 Å². The second-order valence-corrected chi connectivity index (χ2v) is 4.29. The summed E-state index contributed by atoms with van der Waals surface area (Å²) in [7, 11) is 0. The SMILES string of the molecule is CCCCB(CCCC)CCCC.[NaH].